The molecule has 0 radical (unpaired) electrons. The number of anilines is 1. The molecule has 86 valence electrons. The predicted octanol–water partition coefficient (Wildman–Crippen LogP) is 1.13. The number of aryl methyl sites for hydroxylation is 1. The van der Waals surface area contributed by atoms with Crippen LogP contribution >= 0.6 is 0 Å². The molecule has 1 heterocycles. The van der Waals surface area contributed by atoms with Gasteiger partial charge < -0.3 is 11.5 Å². The van der Waals surface area contributed by atoms with Gasteiger partial charge in [-0.1, -0.05) is 29.8 Å². The molecule has 0 saturated heterocycles. The van der Waals surface area contributed by atoms with E-state index in [4.69, 9.17) is 11.5 Å². The van der Waals surface area contributed by atoms with Gasteiger partial charge in [-0.3, -0.25) is 4.79 Å². The summed E-state index contributed by atoms with van der Waals surface area (Å²) in [6, 6.07) is 7.72. The Morgan fingerprint density at radius 1 is 1.24 bits per heavy atom. The Hall–Kier alpha value is -2.43. The Labute approximate surface area is 98.5 Å². The van der Waals surface area contributed by atoms with Crippen LogP contribution in [0.4, 0.5) is 5.82 Å². The van der Waals surface area contributed by atoms with Crippen molar-refractivity contribution < 1.29 is 4.79 Å². The lowest BCUT2D eigenvalue weighted by Crippen LogP contribution is -2.16. The number of nitrogen functional groups attached to an aromatic ring is 1. The summed E-state index contributed by atoms with van der Waals surface area (Å²) in [6.45, 7) is 1.99. The first-order valence-electron chi connectivity index (χ1n) is 5.07. The molecule has 5 nitrogen and oxygen atoms in total. The number of aromatic nitrogens is 2. The van der Waals surface area contributed by atoms with Gasteiger partial charge in [0.15, 0.2) is 11.5 Å². The summed E-state index contributed by atoms with van der Waals surface area (Å²) in [4.78, 5) is 19.1. The van der Waals surface area contributed by atoms with E-state index in [0.717, 1.165) is 11.1 Å². The summed E-state index contributed by atoms with van der Waals surface area (Å²) in [5.41, 5.74) is 13.3. The second-order valence-electron chi connectivity index (χ2n) is 3.72. The lowest BCUT2D eigenvalue weighted by atomic mass is 10.1. The van der Waals surface area contributed by atoms with Crippen molar-refractivity contribution in [2.24, 2.45) is 5.73 Å². The third kappa shape index (κ3) is 2.23. The molecule has 0 aliphatic heterocycles. The van der Waals surface area contributed by atoms with Crippen LogP contribution in [0.5, 0.6) is 0 Å². The molecule has 1 amide bonds. The monoisotopic (exact) mass is 228 g/mol. The zero-order valence-electron chi connectivity index (χ0n) is 9.34. The van der Waals surface area contributed by atoms with Gasteiger partial charge in [-0.05, 0) is 6.92 Å². The average Bonchev–Trinajstić information content (AvgIpc) is 2.30. The van der Waals surface area contributed by atoms with Crippen molar-refractivity contribution in [3.8, 4) is 11.3 Å². The number of rotatable bonds is 2. The standard InChI is InChI=1S/C12H12N4O/c1-7-2-4-8(5-3-7)9-6-15-11(13)10(16-9)12(14)17/h2-6H,1H3,(H2,13,15)(H2,14,17). The molecule has 0 aliphatic carbocycles. The normalized spacial score (nSPS) is 10.2. The molecule has 0 spiro atoms. The van der Waals surface area contributed by atoms with Crippen LogP contribution in [-0.2, 0) is 0 Å². The van der Waals surface area contributed by atoms with Crippen LogP contribution in [0.15, 0.2) is 30.5 Å². The fourth-order valence-corrected chi connectivity index (χ4v) is 1.44. The van der Waals surface area contributed by atoms with Gasteiger partial charge in [0.2, 0.25) is 0 Å². The zero-order chi connectivity index (χ0) is 12.4. The number of carbonyl (C=O) groups is 1. The largest absolute Gasteiger partial charge is 0.382 e. The summed E-state index contributed by atoms with van der Waals surface area (Å²) < 4.78 is 0. The van der Waals surface area contributed by atoms with Gasteiger partial charge in [0, 0.05) is 5.56 Å². The van der Waals surface area contributed by atoms with Crippen LogP contribution in [0.25, 0.3) is 11.3 Å². The van der Waals surface area contributed by atoms with E-state index in [1.165, 1.54) is 6.20 Å². The van der Waals surface area contributed by atoms with Crippen LogP contribution in [0.1, 0.15) is 16.1 Å². The molecule has 0 unspecified atom stereocenters. The molecular weight excluding hydrogens is 216 g/mol. The number of carbonyl (C=O) groups excluding carboxylic acids is 1. The van der Waals surface area contributed by atoms with Crippen LogP contribution in [0.2, 0.25) is 0 Å². The van der Waals surface area contributed by atoms with E-state index >= 15 is 0 Å². The molecular formula is C12H12N4O. The van der Waals surface area contributed by atoms with E-state index in [9.17, 15) is 4.79 Å². The minimum absolute atomic E-state index is 0.00285. The number of benzene rings is 1. The lowest BCUT2D eigenvalue weighted by molar-refractivity contribution is 0.0996. The van der Waals surface area contributed by atoms with Crippen molar-refractivity contribution in [3.63, 3.8) is 0 Å². The molecule has 0 saturated carbocycles. The molecule has 0 aliphatic rings. The maximum absolute atomic E-state index is 11.1. The summed E-state index contributed by atoms with van der Waals surface area (Å²) >= 11 is 0. The van der Waals surface area contributed by atoms with Gasteiger partial charge >= 0.3 is 0 Å². The van der Waals surface area contributed by atoms with Crippen molar-refractivity contribution in [2.45, 2.75) is 6.92 Å². The van der Waals surface area contributed by atoms with Crippen LogP contribution in [0, 0.1) is 6.92 Å². The highest BCUT2D eigenvalue weighted by atomic mass is 16.1. The van der Waals surface area contributed by atoms with Crippen molar-refractivity contribution >= 4 is 11.7 Å². The van der Waals surface area contributed by atoms with E-state index < -0.39 is 5.91 Å². The summed E-state index contributed by atoms with van der Waals surface area (Å²) in [6.07, 6.45) is 1.52. The molecule has 1 aromatic heterocycles. The zero-order valence-corrected chi connectivity index (χ0v) is 9.34. The second-order valence-corrected chi connectivity index (χ2v) is 3.72. The van der Waals surface area contributed by atoms with E-state index in [0.29, 0.717) is 5.69 Å². The van der Waals surface area contributed by atoms with Crippen LogP contribution in [-0.4, -0.2) is 15.9 Å². The van der Waals surface area contributed by atoms with Gasteiger partial charge in [-0.15, -0.1) is 0 Å². The molecule has 2 rings (SSSR count). The van der Waals surface area contributed by atoms with E-state index in [-0.39, 0.29) is 11.5 Å². The first-order valence-corrected chi connectivity index (χ1v) is 5.07. The van der Waals surface area contributed by atoms with E-state index in [1.54, 1.807) is 0 Å². The highest BCUT2D eigenvalue weighted by Crippen LogP contribution is 2.18. The van der Waals surface area contributed by atoms with Crippen LogP contribution in [0.3, 0.4) is 0 Å². The second kappa shape index (κ2) is 4.21. The molecule has 0 atom stereocenters. The highest BCUT2D eigenvalue weighted by Gasteiger charge is 2.10. The first-order chi connectivity index (χ1) is 8.08. The summed E-state index contributed by atoms with van der Waals surface area (Å²) in [7, 11) is 0. The molecule has 0 bridgehead atoms. The number of nitrogens with two attached hydrogens (primary N) is 2. The van der Waals surface area contributed by atoms with E-state index in [1.807, 2.05) is 31.2 Å². The molecule has 5 heteroatoms. The number of hydrogen-bond donors (Lipinski definition) is 2. The predicted molar refractivity (Wildman–Crippen MR) is 65.1 cm³/mol. The minimum atomic E-state index is -0.677. The maximum Gasteiger partial charge on any atom is 0.271 e. The van der Waals surface area contributed by atoms with Gasteiger partial charge in [-0.25, -0.2) is 9.97 Å². The smallest absolute Gasteiger partial charge is 0.271 e. The third-order valence-corrected chi connectivity index (χ3v) is 2.38. The summed E-state index contributed by atoms with van der Waals surface area (Å²) in [5, 5.41) is 0. The molecule has 1 aromatic carbocycles. The molecule has 4 N–H and O–H groups in total. The number of primary amides is 1. The Morgan fingerprint density at radius 2 is 1.88 bits per heavy atom. The Kier molecular flexibility index (Phi) is 2.74. The highest BCUT2D eigenvalue weighted by molar-refractivity contribution is 5.95. The third-order valence-electron chi connectivity index (χ3n) is 2.38. The quantitative estimate of drug-likeness (QED) is 0.805. The summed E-state index contributed by atoms with van der Waals surface area (Å²) in [5.74, 6) is -0.627. The lowest BCUT2D eigenvalue weighted by Gasteiger charge is -2.04. The maximum atomic E-state index is 11.1. The van der Waals surface area contributed by atoms with Crippen molar-refractivity contribution in [3.05, 3.63) is 41.7 Å². The number of hydrogen-bond acceptors (Lipinski definition) is 4. The van der Waals surface area contributed by atoms with E-state index in [2.05, 4.69) is 9.97 Å². The van der Waals surface area contributed by atoms with Gasteiger partial charge in [-0.2, -0.15) is 0 Å². The Balaban J connectivity index is 2.50. The number of nitrogens with zero attached hydrogens (tertiary/aromatic N) is 2. The topological polar surface area (TPSA) is 94.9 Å². The average molecular weight is 228 g/mol. The Bertz CT molecular complexity index is 563. The van der Waals surface area contributed by atoms with Crippen molar-refractivity contribution in [1.29, 1.82) is 0 Å². The van der Waals surface area contributed by atoms with Crippen molar-refractivity contribution in [2.75, 3.05) is 5.73 Å². The van der Waals surface area contributed by atoms with Crippen molar-refractivity contribution in [1.82, 2.24) is 9.97 Å². The van der Waals surface area contributed by atoms with Crippen LogP contribution < -0.4 is 11.5 Å². The van der Waals surface area contributed by atoms with Gasteiger partial charge in [0.1, 0.15) is 0 Å². The SMILES string of the molecule is Cc1ccc(-c2cnc(N)c(C(N)=O)n2)cc1. The van der Waals surface area contributed by atoms with Gasteiger partial charge in [0.25, 0.3) is 5.91 Å². The fourth-order valence-electron chi connectivity index (χ4n) is 1.44. The Morgan fingerprint density at radius 3 is 2.47 bits per heavy atom. The van der Waals surface area contributed by atoms with Gasteiger partial charge in [0.05, 0.1) is 11.9 Å². The molecule has 17 heavy (non-hydrogen) atoms. The first kappa shape index (κ1) is 11.1. The fraction of sp³-hybridized carbons (Fsp3) is 0.0833. The molecule has 2 aromatic rings. The minimum Gasteiger partial charge on any atom is -0.382 e. The molecule has 0 fully saturated rings. The number of amides is 1.